The van der Waals surface area contributed by atoms with Crippen LogP contribution in [0, 0.1) is 6.92 Å². The van der Waals surface area contributed by atoms with Gasteiger partial charge in [0.25, 0.3) is 11.7 Å². The molecule has 6 nitrogen and oxygen atoms in total. The lowest BCUT2D eigenvalue weighted by molar-refractivity contribution is -0.139. The normalized spacial score (nSPS) is 17.9. The van der Waals surface area contributed by atoms with Crippen molar-refractivity contribution < 1.29 is 24.5 Å². The molecule has 1 atom stereocenters. The molecule has 2 aromatic carbocycles. The van der Waals surface area contributed by atoms with Gasteiger partial charge in [-0.3, -0.25) is 9.59 Å². The van der Waals surface area contributed by atoms with Gasteiger partial charge in [-0.2, -0.15) is 0 Å². The van der Waals surface area contributed by atoms with Gasteiger partial charge < -0.3 is 19.8 Å². The zero-order valence-corrected chi connectivity index (χ0v) is 18.6. The summed E-state index contributed by atoms with van der Waals surface area (Å²) in [6.45, 7) is 6.69. The number of aliphatic hydroxyl groups is 1. The Morgan fingerprint density at radius 1 is 1.13 bits per heavy atom. The first-order valence-electron chi connectivity index (χ1n) is 10.3. The zero-order valence-electron chi connectivity index (χ0n) is 17.8. The fraction of sp³-hybridized carbons (Fsp3) is 0.333. The number of aromatic hydroxyl groups is 1. The van der Waals surface area contributed by atoms with E-state index in [1.165, 1.54) is 17.0 Å². The third-order valence-electron chi connectivity index (χ3n) is 5.20. The Hall–Kier alpha value is -2.99. The third kappa shape index (κ3) is 4.39. The van der Waals surface area contributed by atoms with Crippen molar-refractivity contribution >= 4 is 29.1 Å². The molecule has 0 aromatic heterocycles. The molecule has 2 aromatic rings. The predicted octanol–water partition coefficient (Wildman–Crippen LogP) is 4.97. The molecule has 0 spiro atoms. The van der Waals surface area contributed by atoms with E-state index in [9.17, 15) is 19.8 Å². The average molecular weight is 444 g/mol. The number of benzene rings is 2. The number of likely N-dealkylation sites (tertiary alicyclic amines) is 1. The van der Waals surface area contributed by atoms with E-state index in [0.717, 1.165) is 12.0 Å². The number of Topliss-reactive ketones (excluding diaryl/α,β-unsaturated/α-hetero) is 1. The maximum Gasteiger partial charge on any atom is 0.295 e. The Balaban J connectivity index is 2.13. The molecule has 1 amide bonds. The molecule has 1 aliphatic rings. The van der Waals surface area contributed by atoms with Crippen LogP contribution in [0.25, 0.3) is 5.76 Å². The van der Waals surface area contributed by atoms with Crippen molar-refractivity contribution in [3.05, 3.63) is 63.7 Å². The van der Waals surface area contributed by atoms with Crippen LogP contribution < -0.4 is 4.74 Å². The molecule has 3 rings (SSSR count). The fourth-order valence-corrected chi connectivity index (χ4v) is 3.91. The minimum atomic E-state index is -0.797. The average Bonchev–Trinajstić information content (AvgIpc) is 2.99. The summed E-state index contributed by atoms with van der Waals surface area (Å²) < 4.78 is 5.68. The molecule has 2 N–H and O–H groups in total. The number of carbonyl (C=O) groups is 2. The lowest BCUT2D eigenvalue weighted by Gasteiger charge is -2.25. The molecule has 164 valence electrons. The second-order valence-electron chi connectivity index (χ2n) is 7.53. The molecule has 31 heavy (non-hydrogen) atoms. The number of ketones is 1. The van der Waals surface area contributed by atoms with E-state index >= 15 is 0 Å². The quantitative estimate of drug-likeness (QED) is 0.358. The van der Waals surface area contributed by atoms with Gasteiger partial charge in [-0.15, -0.1) is 0 Å². The highest BCUT2D eigenvalue weighted by atomic mass is 35.5. The zero-order chi connectivity index (χ0) is 22.7. The van der Waals surface area contributed by atoms with Crippen LogP contribution in [0.1, 0.15) is 49.4 Å². The number of amides is 1. The molecule has 0 radical (unpaired) electrons. The summed E-state index contributed by atoms with van der Waals surface area (Å²) in [4.78, 5) is 27.1. The molecule has 0 saturated carbocycles. The Kier molecular flexibility index (Phi) is 6.91. The van der Waals surface area contributed by atoms with E-state index in [0.29, 0.717) is 36.4 Å². The smallest absolute Gasteiger partial charge is 0.295 e. The number of carbonyl (C=O) groups excluding carboxylic acids is 2. The van der Waals surface area contributed by atoms with Crippen molar-refractivity contribution in [1.82, 2.24) is 4.90 Å². The highest BCUT2D eigenvalue weighted by Crippen LogP contribution is 2.41. The van der Waals surface area contributed by atoms with E-state index in [1.807, 2.05) is 20.8 Å². The molecule has 1 heterocycles. The van der Waals surface area contributed by atoms with Crippen molar-refractivity contribution in [2.24, 2.45) is 0 Å². The second kappa shape index (κ2) is 9.43. The number of phenols is 1. The summed E-state index contributed by atoms with van der Waals surface area (Å²) in [6.07, 6.45) is 1.51. The Morgan fingerprint density at radius 2 is 1.87 bits per heavy atom. The minimum Gasteiger partial charge on any atom is -0.507 e. The standard InChI is InChI=1S/C24H26ClNO5/c1-4-10-26-21(15-6-8-18(27)17(25)13-15)20(23(29)24(26)30)22(28)16-7-9-19(14(3)12-16)31-11-5-2/h6-9,12-13,21,27-28H,4-5,10-11H2,1-3H3/b22-20-. The number of nitrogens with zero attached hydrogens (tertiary/aromatic N) is 1. The van der Waals surface area contributed by atoms with Crippen LogP contribution >= 0.6 is 11.6 Å². The van der Waals surface area contributed by atoms with E-state index in [4.69, 9.17) is 16.3 Å². The summed E-state index contributed by atoms with van der Waals surface area (Å²) in [7, 11) is 0. The highest BCUT2D eigenvalue weighted by Gasteiger charge is 2.45. The van der Waals surface area contributed by atoms with Gasteiger partial charge in [0, 0.05) is 12.1 Å². The Bertz CT molecular complexity index is 1050. The molecule has 1 unspecified atom stereocenters. The number of aliphatic hydroxyl groups excluding tert-OH is 1. The van der Waals surface area contributed by atoms with Crippen LogP contribution in [0.3, 0.4) is 0 Å². The van der Waals surface area contributed by atoms with Crippen LogP contribution in [0.4, 0.5) is 0 Å². The number of ether oxygens (including phenoxy) is 1. The van der Waals surface area contributed by atoms with E-state index in [-0.39, 0.29) is 22.1 Å². The van der Waals surface area contributed by atoms with Gasteiger partial charge in [0.2, 0.25) is 0 Å². The number of halogens is 1. The Labute approximate surface area is 186 Å². The van der Waals surface area contributed by atoms with Crippen molar-refractivity contribution in [3.63, 3.8) is 0 Å². The Morgan fingerprint density at radius 3 is 2.48 bits per heavy atom. The van der Waals surface area contributed by atoms with Gasteiger partial charge >= 0.3 is 0 Å². The molecular formula is C24H26ClNO5. The molecule has 1 aliphatic heterocycles. The minimum absolute atomic E-state index is 0.00170. The van der Waals surface area contributed by atoms with Gasteiger partial charge in [0.05, 0.1) is 23.2 Å². The summed E-state index contributed by atoms with van der Waals surface area (Å²) in [5, 5.41) is 21.0. The van der Waals surface area contributed by atoms with E-state index < -0.39 is 17.7 Å². The van der Waals surface area contributed by atoms with Crippen LogP contribution in [0.2, 0.25) is 5.02 Å². The lowest BCUT2D eigenvalue weighted by atomic mass is 9.94. The van der Waals surface area contributed by atoms with Crippen LogP contribution in [0.15, 0.2) is 42.0 Å². The molecular weight excluding hydrogens is 418 g/mol. The topological polar surface area (TPSA) is 87.1 Å². The monoisotopic (exact) mass is 443 g/mol. The first-order chi connectivity index (χ1) is 14.8. The van der Waals surface area contributed by atoms with Gasteiger partial charge in [-0.1, -0.05) is 31.5 Å². The molecule has 1 fully saturated rings. The lowest BCUT2D eigenvalue weighted by Crippen LogP contribution is -2.30. The predicted molar refractivity (Wildman–Crippen MR) is 119 cm³/mol. The number of hydrogen-bond acceptors (Lipinski definition) is 5. The molecule has 0 bridgehead atoms. The van der Waals surface area contributed by atoms with Crippen LogP contribution in [-0.2, 0) is 9.59 Å². The summed E-state index contributed by atoms with van der Waals surface area (Å²) in [5.41, 5.74) is 1.77. The summed E-state index contributed by atoms with van der Waals surface area (Å²) in [5.74, 6) is -1.07. The number of aryl methyl sites for hydroxylation is 1. The fourth-order valence-electron chi connectivity index (χ4n) is 3.72. The number of rotatable bonds is 7. The summed E-state index contributed by atoms with van der Waals surface area (Å²) >= 11 is 6.08. The number of phenolic OH excluding ortho intramolecular Hbond substituents is 1. The van der Waals surface area contributed by atoms with E-state index in [2.05, 4.69) is 0 Å². The van der Waals surface area contributed by atoms with Crippen LogP contribution in [-0.4, -0.2) is 40.0 Å². The SMILES string of the molecule is CCCOc1ccc(/C(O)=C2/C(=O)C(=O)N(CCC)C2c2ccc(O)c(Cl)c2)cc1C. The van der Waals surface area contributed by atoms with Crippen molar-refractivity contribution in [2.45, 2.75) is 39.7 Å². The van der Waals surface area contributed by atoms with Gasteiger partial charge in [0.15, 0.2) is 0 Å². The first-order valence-corrected chi connectivity index (χ1v) is 10.7. The first kappa shape index (κ1) is 22.7. The maximum atomic E-state index is 12.9. The molecule has 7 heteroatoms. The maximum absolute atomic E-state index is 12.9. The largest absolute Gasteiger partial charge is 0.507 e. The van der Waals surface area contributed by atoms with Gasteiger partial charge in [0.1, 0.15) is 17.3 Å². The molecule has 1 saturated heterocycles. The second-order valence-corrected chi connectivity index (χ2v) is 7.94. The highest BCUT2D eigenvalue weighted by molar-refractivity contribution is 6.46. The third-order valence-corrected chi connectivity index (χ3v) is 5.50. The van der Waals surface area contributed by atoms with E-state index in [1.54, 1.807) is 24.3 Å². The number of hydrogen-bond donors (Lipinski definition) is 2. The van der Waals surface area contributed by atoms with Gasteiger partial charge in [-0.25, -0.2) is 0 Å². The van der Waals surface area contributed by atoms with Crippen molar-refractivity contribution in [1.29, 1.82) is 0 Å². The van der Waals surface area contributed by atoms with Crippen LogP contribution in [0.5, 0.6) is 11.5 Å². The molecule has 0 aliphatic carbocycles. The summed E-state index contributed by atoms with van der Waals surface area (Å²) in [6, 6.07) is 8.86. The van der Waals surface area contributed by atoms with Crippen molar-refractivity contribution in [2.75, 3.05) is 13.2 Å². The van der Waals surface area contributed by atoms with Gasteiger partial charge in [-0.05, 0) is 61.2 Å². The van der Waals surface area contributed by atoms with Crippen molar-refractivity contribution in [3.8, 4) is 11.5 Å².